The van der Waals surface area contributed by atoms with Crippen molar-refractivity contribution < 1.29 is 0 Å². The van der Waals surface area contributed by atoms with E-state index in [0.29, 0.717) is 17.1 Å². The summed E-state index contributed by atoms with van der Waals surface area (Å²) in [5.41, 5.74) is 2.31. The van der Waals surface area contributed by atoms with E-state index in [1.54, 1.807) is 0 Å². The molecular formula is C17H13N5O. The first-order chi connectivity index (χ1) is 11.3. The molecule has 0 saturated carbocycles. The largest absolute Gasteiger partial charge is 0.339 e. The van der Waals surface area contributed by atoms with Crippen molar-refractivity contribution in [2.45, 2.75) is 0 Å². The maximum absolute atomic E-state index is 12.2. The lowest BCUT2D eigenvalue weighted by Crippen LogP contribution is -2.18. The van der Waals surface area contributed by atoms with Crippen LogP contribution in [0.3, 0.4) is 0 Å². The van der Waals surface area contributed by atoms with E-state index in [9.17, 15) is 4.79 Å². The van der Waals surface area contributed by atoms with Gasteiger partial charge in [0.2, 0.25) is 5.95 Å². The van der Waals surface area contributed by atoms with Gasteiger partial charge >= 0.3 is 0 Å². The molecule has 0 unspecified atom stereocenters. The summed E-state index contributed by atoms with van der Waals surface area (Å²) in [4.78, 5) is 28.3. The molecule has 0 radical (unpaired) electrons. The molecule has 0 fully saturated rings. The van der Waals surface area contributed by atoms with Crippen molar-refractivity contribution in [3.63, 3.8) is 0 Å². The Labute approximate surface area is 131 Å². The summed E-state index contributed by atoms with van der Waals surface area (Å²) in [5, 5.41) is 0. The van der Waals surface area contributed by atoms with E-state index in [2.05, 4.69) is 19.9 Å². The van der Waals surface area contributed by atoms with Crippen LogP contribution in [0, 0.1) is 0 Å². The molecule has 0 saturated heterocycles. The number of aromatic amines is 2. The summed E-state index contributed by atoms with van der Waals surface area (Å²) in [7, 11) is 0. The van der Waals surface area contributed by atoms with Gasteiger partial charge in [-0.1, -0.05) is 36.4 Å². The van der Waals surface area contributed by atoms with E-state index in [1.165, 1.54) is 6.33 Å². The fourth-order valence-electron chi connectivity index (χ4n) is 2.48. The van der Waals surface area contributed by atoms with Gasteiger partial charge in [-0.2, -0.15) is 4.98 Å². The Morgan fingerprint density at radius 2 is 1.48 bits per heavy atom. The van der Waals surface area contributed by atoms with Gasteiger partial charge in [0.15, 0.2) is 11.2 Å². The van der Waals surface area contributed by atoms with Gasteiger partial charge in [-0.3, -0.25) is 14.7 Å². The second kappa shape index (κ2) is 5.42. The van der Waals surface area contributed by atoms with Crippen LogP contribution in [0.5, 0.6) is 0 Å². The van der Waals surface area contributed by atoms with E-state index in [1.807, 2.05) is 65.6 Å². The van der Waals surface area contributed by atoms with Crippen molar-refractivity contribution in [3.8, 4) is 0 Å². The zero-order chi connectivity index (χ0) is 15.6. The van der Waals surface area contributed by atoms with Gasteiger partial charge < -0.3 is 4.98 Å². The number of H-pyrrole nitrogens is 2. The SMILES string of the molecule is O=c1[nH]c(N(c2ccccc2)c2ccccc2)nc2nc[nH]c12. The third kappa shape index (κ3) is 2.36. The molecule has 2 aromatic heterocycles. The lowest BCUT2D eigenvalue weighted by Gasteiger charge is -2.23. The highest BCUT2D eigenvalue weighted by molar-refractivity contribution is 5.76. The van der Waals surface area contributed by atoms with Gasteiger partial charge in [-0.25, -0.2) is 4.98 Å². The fourth-order valence-corrected chi connectivity index (χ4v) is 2.48. The molecule has 4 rings (SSSR count). The van der Waals surface area contributed by atoms with Gasteiger partial charge in [0.1, 0.15) is 0 Å². The van der Waals surface area contributed by atoms with Crippen LogP contribution in [-0.2, 0) is 0 Å². The lowest BCUT2D eigenvalue weighted by atomic mass is 10.2. The van der Waals surface area contributed by atoms with Crippen molar-refractivity contribution in [3.05, 3.63) is 77.3 Å². The van der Waals surface area contributed by atoms with Gasteiger partial charge in [0.05, 0.1) is 6.33 Å². The van der Waals surface area contributed by atoms with E-state index >= 15 is 0 Å². The number of fused-ring (bicyclic) bond motifs is 1. The molecule has 0 atom stereocenters. The van der Waals surface area contributed by atoms with Gasteiger partial charge in [0.25, 0.3) is 5.56 Å². The van der Waals surface area contributed by atoms with Crippen molar-refractivity contribution >= 4 is 28.5 Å². The van der Waals surface area contributed by atoms with E-state index in [-0.39, 0.29) is 5.56 Å². The Morgan fingerprint density at radius 3 is 2.09 bits per heavy atom. The maximum atomic E-state index is 12.2. The summed E-state index contributed by atoms with van der Waals surface area (Å²) in [5.74, 6) is 0.423. The van der Waals surface area contributed by atoms with Gasteiger partial charge in [-0.15, -0.1) is 0 Å². The first-order valence-electron chi connectivity index (χ1n) is 7.16. The number of aromatic nitrogens is 4. The van der Waals surface area contributed by atoms with E-state index in [0.717, 1.165) is 11.4 Å². The molecule has 2 aromatic carbocycles. The molecule has 0 aliphatic heterocycles. The van der Waals surface area contributed by atoms with Crippen LogP contribution in [0.4, 0.5) is 17.3 Å². The molecule has 6 heteroatoms. The molecular weight excluding hydrogens is 290 g/mol. The minimum Gasteiger partial charge on any atom is -0.339 e. The van der Waals surface area contributed by atoms with Crippen molar-refractivity contribution in [2.75, 3.05) is 4.90 Å². The standard InChI is InChI=1S/C17H13N5O/c23-16-14-15(19-11-18-14)20-17(21-16)22(12-7-3-1-4-8-12)13-9-5-2-6-10-13/h1-11H,(H2,18,19,20,21,23). The molecule has 0 bridgehead atoms. The third-order valence-electron chi connectivity index (χ3n) is 3.52. The molecule has 0 aliphatic carbocycles. The van der Waals surface area contributed by atoms with Crippen molar-refractivity contribution in [1.82, 2.24) is 19.9 Å². The Kier molecular flexibility index (Phi) is 3.12. The predicted octanol–water partition coefficient (Wildman–Crippen LogP) is 3.12. The summed E-state index contributed by atoms with van der Waals surface area (Å²) >= 11 is 0. The second-order valence-electron chi connectivity index (χ2n) is 5.00. The van der Waals surface area contributed by atoms with Crippen LogP contribution >= 0.6 is 0 Å². The summed E-state index contributed by atoms with van der Waals surface area (Å²) < 4.78 is 0. The first-order valence-corrected chi connectivity index (χ1v) is 7.16. The monoisotopic (exact) mass is 303 g/mol. The van der Waals surface area contributed by atoms with Crippen LogP contribution in [0.25, 0.3) is 11.2 Å². The van der Waals surface area contributed by atoms with Crippen LogP contribution in [0.15, 0.2) is 71.8 Å². The van der Waals surface area contributed by atoms with Crippen LogP contribution < -0.4 is 10.5 Å². The number of anilines is 3. The smallest absolute Gasteiger partial charge is 0.278 e. The first kappa shape index (κ1) is 13.3. The van der Waals surface area contributed by atoms with Crippen molar-refractivity contribution in [2.24, 2.45) is 0 Å². The van der Waals surface area contributed by atoms with Crippen LogP contribution in [0.2, 0.25) is 0 Å². The summed E-state index contributed by atoms with van der Waals surface area (Å²) in [6.07, 6.45) is 1.46. The average Bonchev–Trinajstić information content (AvgIpc) is 3.06. The molecule has 0 spiro atoms. The Balaban J connectivity index is 1.95. The number of rotatable bonds is 3. The van der Waals surface area contributed by atoms with E-state index in [4.69, 9.17) is 0 Å². The Morgan fingerprint density at radius 1 is 0.870 bits per heavy atom. The number of hydrogen-bond donors (Lipinski definition) is 2. The highest BCUT2D eigenvalue weighted by atomic mass is 16.1. The number of para-hydroxylation sites is 2. The number of benzene rings is 2. The zero-order valence-corrected chi connectivity index (χ0v) is 12.1. The number of nitrogens with zero attached hydrogens (tertiary/aromatic N) is 3. The summed E-state index contributed by atoms with van der Waals surface area (Å²) in [6, 6.07) is 19.5. The molecule has 2 heterocycles. The minimum absolute atomic E-state index is 0.251. The Bertz CT molecular complexity index is 952. The highest BCUT2D eigenvalue weighted by Gasteiger charge is 2.16. The molecule has 6 nitrogen and oxygen atoms in total. The summed E-state index contributed by atoms with van der Waals surface area (Å²) in [6.45, 7) is 0. The quantitative estimate of drug-likeness (QED) is 0.609. The molecule has 23 heavy (non-hydrogen) atoms. The topological polar surface area (TPSA) is 77.7 Å². The predicted molar refractivity (Wildman–Crippen MR) is 89.2 cm³/mol. The maximum Gasteiger partial charge on any atom is 0.278 e. The van der Waals surface area contributed by atoms with Gasteiger partial charge in [-0.05, 0) is 24.3 Å². The third-order valence-corrected chi connectivity index (χ3v) is 3.52. The molecule has 0 amide bonds. The zero-order valence-electron chi connectivity index (χ0n) is 12.1. The van der Waals surface area contributed by atoms with E-state index < -0.39 is 0 Å². The molecule has 2 N–H and O–H groups in total. The number of nitrogens with one attached hydrogen (secondary N) is 2. The lowest BCUT2D eigenvalue weighted by molar-refractivity contribution is 1.07. The highest BCUT2D eigenvalue weighted by Crippen LogP contribution is 2.31. The minimum atomic E-state index is -0.251. The molecule has 4 aromatic rings. The normalized spacial score (nSPS) is 10.8. The van der Waals surface area contributed by atoms with Crippen LogP contribution in [0.1, 0.15) is 0 Å². The molecule has 0 aliphatic rings. The van der Waals surface area contributed by atoms with Crippen LogP contribution in [-0.4, -0.2) is 19.9 Å². The fraction of sp³-hybridized carbons (Fsp3) is 0. The number of imidazole rings is 1. The average molecular weight is 303 g/mol. The van der Waals surface area contributed by atoms with Crippen molar-refractivity contribution in [1.29, 1.82) is 0 Å². The molecule has 112 valence electrons. The van der Waals surface area contributed by atoms with Gasteiger partial charge in [0, 0.05) is 11.4 Å². The Hall–Kier alpha value is -3.41. The second-order valence-corrected chi connectivity index (χ2v) is 5.00. The number of hydrogen-bond acceptors (Lipinski definition) is 4.